The predicted octanol–water partition coefficient (Wildman–Crippen LogP) is 0.575. The number of thiazole rings is 1. The van der Waals surface area contributed by atoms with Crippen LogP contribution in [0.5, 0.6) is 0 Å². The van der Waals surface area contributed by atoms with Crippen molar-refractivity contribution < 1.29 is 26.4 Å². The van der Waals surface area contributed by atoms with Crippen LogP contribution in [0.3, 0.4) is 0 Å². The molecule has 0 aliphatic carbocycles. The van der Waals surface area contributed by atoms with Crippen LogP contribution in [0.25, 0.3) is 10.9 Å². The minimum Gasteiger partial charge on any atom is -0.345 e. The third-order valence-electron chi connectivity index (χ3n) is 6.90. The van der Waals surface area contributed by atoms with Crippen LogP contribution in [0, 0.1) is 12.3 Å². The van der Waals surface area contributed by atoms with Crippen LogP contribution in [0.15, 0.2) is 29.3 Å². The van der Waals surface area contributed by atoms with Crippen molar-refractivity contribution in [1.29, 1.82) is 0 Å². The third-order valence-corrected chi connectivity index (χ3v) is 11.2. The summed E-state index contributed by atoms with van der Waals surface area (Å²) in [6, 6.07) is 5.48. The first-order valence-corrected chi connectivity index (χ1v) is 16.4. The number of terminal acetylenes is 1. The summed E-state index contributed by atoms with van der Waals surface area (Å²) >= 11 is 1.27. The molecule has 0 saturated carbocycles. The zero-order valence-electron chi connectivity index (χ0n) is 21.9. The zero-order valence-corrected chi connectivity index (χ0v) is 24.3. The molecule has 0 spiro atoms. The molecule has 212 valence electrons. The molecule has 2 aliphatic rings. The van der Waals surface area contributed by atoms with Gasteiger partial charge >= 0.3 is 0 Å². The number of piperazine rings is 1. The Morgan fingerprint density at radius 2 is 1.98 bits per heavy atom. The van der Waals surface area contributed by atoms with Gasteiger partial charge in [-0.2, -0.15) is 4.31 Å². The normalized spacial score (nSPS) is 18.8. The number of hydrogen-bond donors (Lipinski definition) is 2. The van der Waals surface area contributed by atoms with Crippen molar-refractivity contribution >= 4 is 54.1 Å². The molecule has 2 amide bonds. The maximum Gasteiger partial charge on any atom is 0.283 e. The maximum atomic E-state index is 13.6. The van der Waals surface area contributed by atoms with Crippen LogP contribution in [0.1, 0.15) is 32.9 Å². The minimum absolute atomic E-state index is 0.0516. The molecule has 1 atom stereocenters. The van der Waals surface area contributed by atoms with Gasteiger partial charge in [0.1, 0.15) is 5.03 Å². The number of likely N-dealkylation sites (N-methyl/N-ethyl adjacent to an activating group) is 1. The third kappa shape index (κ3) is 5.63. The van der Waals surface area contributed by atoms with Gasteiger partial charge in [-0.15, -0.1) is 17.8 Å². The zero-order chi connectivity index (χ0) is 28.8. The first kappa shape index (κ1) is 28.2. The van der Waals surface area contributed by atoms with Gasteiger partial charge in [0.25, 0.3) is 15.9 Å². The summed E-state index contributed by atoms with van der Waals surface area (Å²) < 4.78 is 55.8. The largest absolute Gasteiger partial charge is 0.345 e. The van der Waals surface area contributed by atoms with Gasteiger partial charge in [0.05, 0.1) is 17.5 Å². The SMILES string of the molecule is C#Cc1ccc2[nH]c(S(=O)(=O)N3CCN(C(=O)c4nc5c(s4)CN(C)CC5)C(CS(=O)(=O)NC(C)=O)C3)cc2c1. The molecule has 0 bridgehead atoms. The van der Waals surface area contributed by atoms with E-state index in [4.69, 9.17) is 6.42 Å². The number of amides is 2. The van der Waals surface area contributed by atoms with E-state index in [1.165, 1.54) is 22.3 Å². The summed E-state index contributed by atoms with van der Waals surface area (Å²) in [5.74, 6) is 0.615. The molecular weight excluding hydrogens is 577 g/mol. The Hall–Kier alpha value is -3.29. The Bertz CT molecular complexity index is 1750. The fourth-order valence-electron chi connectivity index (χ4n) is 4.98. The van der Waals surface area contributed by atoms with Crippen molar-refractivity contribution in [3.05, 3.63) is 45.4 Å². The minimum atomic E-state index is -4.17. The number of aromatic amines is 1. The Kier molecular flexibility index (Phi) is 7.48. The number of rotatable bonds is 6. The first-order chi connectivity index (χ1) is 18.9. The molecule has 5 rings (SSSR count). The Morgan fingerprint density at radius 3 is 2.70 bits per heavy atom. The molecule has 3 aromatic rings. The maximum absolute atomic E-state index is 13.6. The van der Waals surface area contributed by atoms with Gasteiger partial charge in [0.15, 0.2) is 5.01 Å². The van der Waals surface area contributed by atoms with Gasteiger partial charge in [-0.3, -0.25) is 14.3 Å². The van der Waals surface area contributed by atoms with E-state index in [1.54, 1.807) is 18.2 Å². The van der Waals surface area contributed by atoms with Crippen molar-refractivity contribution in [2.45, 2.75) is 31.0 Å². The highest BCUT2D eigenvalue weighted by Crippen LogP contribution is 2.28. The quantitative estimate of drug-likeness (QED) is 0.388. The average molecular weight is 605 g/mol. The summed E-state index contributed by atoms with van der Waals surface area (Å²) in [7, 11) is -6.28. The standard InChI is InChI=1S/C25H28N6O6S3/c1-4-17-5-6-20-18(11-17)12-23(26-20)40(36,37)30-9-10-31(19(13-30)15-39(34,35)28-16(2)32)25(33)24-27-21-7-8-29(3)14-22(21)38-24/h1,5-6,11-12,19,26H,7-10,13-15H2,2-3H3,(H,28,32). The fraction of sp³-hybridized carbons (Fsp3) is 0.400. The lowest BCUT2D eigenvalue weighted by Gasteiger charge is -2.40. The molecule has 2 aromatic heterocycles. The second-order valence-electron chi connectivity index (χ2n) is 9.91. The Balaban J connectivity index is 1.44. The predicted molar refractivity (Wildman–Crippen MR) is 150 cm³/mol. The Morgan fingerprint density at radius 1 is 1.20 bits per heavy atom. The topological polar surface area (TPSA) is 153 Å². The summed E-state index contributed by atoms with van der Waals surface area (Å²) in [5.41, 5.74) is 2.03. The number of hydrogen-bond acceptors (Lipinski definition) is 9. The molecule has 15 heteroatoms. The number of nitrogens with zero attached hydrogens (tertiary/aromatic N) is 4. The summed E-state index contributed by atoms with van der Waals surface area (Å²) in [6.07, 6.45) is 6.16. The van der Waals surface area contributed by atoms with Crippen molar-refractivity contribution in [3.63, 3.8) is 0 Å². The van der Waals surface area contributed by atoms with Crippen LogP contribution < -0.4 is 4.72 Å². The van der Waals surface area contributed by atoms with Crippen LogP contribution in [0.2, 0.25) is 0 Å². The molecule has 1 unspecified atom stereocenters. The molecular formula is C25H28N6O6S3. The molecule has 2 N–H and O–H groups in total. The van der Waals surface area contributed by atoms with Crippen LogP contribution in [-0.4, -0.2) is 97.7 Å². The molecule has 40 heavy (non-hydrogen) atoms. The monoisotopic (exact) mass is 604 g/mol. The van der Waals surface area contributed by atoms with Gasteiger partial charge in [-0.25, -0.2) is 21.8 Å². The van der Waals surface area contributed by atoms with Gasteiger partial charge in [0, 0.05) is 67.4 Å². The van der Waals surface area contributed by atoms with Crippen LogP contribution >= 0.6 is 11.3 Å². The summed E-state index contributed by atoms with van der Waals surface area (Å²) in [5, 5.41) is 0.779. The molecule has 1 saturated heterocycles. The van der Waals surface area contributed by atoms with Crippen molar-refractivity contribution in [2.24, 2.45) is 0 Å². The second-order valence-corrected chi connectivity index (χ2v) is 14.7. The molecule has 4 heterocycles. The van der Waals surface area contributed by atoms with Gasteiger partial charge < -0.3 is 14.8 Å². The number of aromatic nitrogens is 2. The van der Waals surface area contributed by atoms with Crippen molar-refractivity contribution in [2.75, 3.05) is 39.0 Å². The van der Waals surface area contributed by atoms with Crippen LogP contribution in [0.4, 0.5) is 0 Å². The highest BCUT2D eigenvalue weighted by molar-refractivity contribution is 7.90. The molecule has 0 radical (unpaired) electrons. The highest BCUT2D eigenvalue weighted by Gasteiger charge is 2.40. The van der Waals surface area contributed by atoms with E-state index >= 15 is 0 Å². The van der Waals surface area contributed by atoms with Gasteiger partial charge in [-0.05, 0) is 31.3 Å². The van der Waals surface area contributed by atoms with Crippen molar-refractivity contribution in [1.82, 2.24) is 28.8 Å². The van der Waals surface area contributed by atoms with Gasteiger partial charge in [0.2, 0.25) is 15.9 Å². The molecule has 12 nitrogen and oxygen atoms in total. The lowest BCUT2D eigenvalue weighted by molar-refractivity contribution is -0.117. The second kappa shape index (κ2) is 10.6. The molecule has 1 aromatic carbocycles. The van der Waals surface area contributed by atoms with E-state index in [2.05, 4.69) is 20.8 Å². The number of carbonyl (C=O) groups is 2. The number of H-pyrrole nitrogens is 1. The first-order valence-electron chi connectivity index (χ1n) is 12.4. The van der Waals surface area contributed by atoms with E-state index in [-0.39, 0.29) is 29.7 Å². The molecule has 2 aliphatic heterocycles. The highest BCUT2D eigenvalue weighted by atomic mass is 32.2. The van der Waals surface area contributed by atoms with E-state index in [1.807, 2.05) is 11.8 Å². The van der Waals surface area contributed by atoms with E-state index in [0.29, 0.717) is 29.4 Å². The Labute approximate surface area is 236 Å². The lowest BCUT2D eigenvalue weighted by atomic mass is 10.2. The lowest BCUT2D eigenvalue weighted by Crippen LogP contribution is -2.59. The van der Waals surface area contributed by atoms with Gasteiger partial charge in [-0.1, -0.05) is 5.92 Å². The van der Waals surface area contributed by atoms with E-state index in [9.17, 15) is 26.4 Å². The number of fused-ring (bicyclic) bond motifs is 2. The fourth-order valence-corrected chi connectivity index (χ4v) is 8.92. The van der Waals surface area contributed by atoms with Crippen LogP contribution in [-0.2, 0) is 37.8 Å². The number of nitrogens with one attached hydrogen (secondary N) is 2. The molecule has 1 fully saturated rings. The number of sulfonamides is 2. The van der Waals surface area contributed by atoms with E-state index < -0.39 is 43.7 Å². The average Bonchev–Trinajstić information content (AvgIpc) is 3.51. The number of carbonyl (C=O) groups excluding carboxylic acids is 2. The summed E-state index contributed by atoms with van der Waals surface area (Å²) in [4.78, 5) is 37.0. The van der Waals surface area contributed by atoms with Crippen molar-refractivity contribution in [3.8, 4) is 12.3 Å². The smallest absolute Gasteiger partial charge is 0.283 e. The van der Waals surface area contributed by atoms with E-state index in [0.717, 1.165) is 28.3 Å². The summed E-state index contributed by atoms with van der Waals surface area (Å²) in [6.45, 7) is 2.16. The number of benzene rings is 1.